The average Bonchev–Trinajstić information content (AvgIpc) is 2.40. The van der Waals surface area contributed by atoms with Crippen LogP contribution in [0.1, 0.15) is 19.4 Å². The molecule has 2 rings (SSSR count). The van der Waals surface area contributed by atoms with Gasteiger partial charge in [-0.2, -0.15) is 0 Å². The Morgan fingerprint density at radius 2 is 1.44 bits per heavy atom. The van der Waals surface area contributed by atoms with E-state index >= 15 is 0 Å². The number of amides is 1. The second kappa shape index (κ2) is 5.05. The molecule has 2 aromatic carbocycles. The van der Waals surface area contributed by atoms with Crippen LogP contribution in [0.5, 0.6) is 0 Å². The number of benzene rings is 2. The van der Waals surface area contributed by atoms with Gasteiger partial charge in [-0.05, 0) is 30.5 Å². The summed E-state index contributed by atoms with van der Waals surface area (Å²) >= 11 is 0. The van der Waals surface area contributed by atoms with E-state index < -0.39 is 0 Å². The van der Waals surface area contributed by atoms with Crippen LogP contribution in [0.3, 0.4) is 0 Å². The van der Waals surface area contributed by atoms with Gasteiger partial charge in [-0.15, -0.1) is 0 Å². The first-order valence-electron chi connectivity index (χ1n) is 6.01. The van der Waals surface area contributed by atoms with E-state index in [1.54, 1.807) is 0 Å². The van der Waals surface area contributed by atoms with E-state index in [4.69, 9.17) is 0 Å². The summed E-state index contributed by atoms with van der Waals surface area (Å²) in [5.74, 6) is 0. The molecule has 0 aliphatic rings. The maximum Gasteiger partial charge on any atom is 0.207 e. The Balaban J connectivity index is 2.28. The van der Waals surface area contributed by atoms with Crippen molar-refractivity contribution in [2.45, 2.75) is 19.4 Å². The summed E-state index contributed by atoms with van der Waals surface area (Å²) in [6.45, 7) is 3.97. The predicted octanol–water partition coefficient (Wildman–Crippen LogP) is 3.33. The fraction of sp³-hybridized carbons (Fsp3) is 0.188. The number of carbonyl (C=O) groups is 1. The van der Waals surface area contributed by atoms with E-state index in [1.165, 1.54) is 11.1 Å². The van der Waals surface area contributed by atoms with Crippen LogP contribution in [-0.4, -0.2) is 6.41 Å². The zero-order valence-corrected chi connectivity index (χ0v) is 10.7. The molecule has 0 unspecified atom stereocenters. The van der Waals surface area contributed by atoms with Gasteiger partial charge in [0.05, 0.1) is 5.54 Å². The minimum atomic E-state index is -0.336. The van der Waals surface area contributed by atoms with Crippen LogP contribution in [0, 0.1) is 0 Å². The lowest BCUT2D eigenvalue weighted by molar-refractivity contribution is -0.111. The number of hydrogen-bond donors (Lipinski definition) is 1. The lowest BCUT2D eigenvalue weighted by Crippen LogP contribution is -2.35. The molecule has 2 aromatic rings. The zero-order valence-electron chi connectivity index (χ0n) is 10.7. The number of hydrogen-bond acceptors (Lipinski definition) is 1. The zero-order chi connectivity index (χ0) is 13.0. The molecule has 92 valence electrons. The highest BCUT2D eigenvalue weighted by Crippen LogP contribution is 2.24. The van der Waals surface area contributed by atoms with Gasteiger partial charge in [0.1, 0.15) is 0 Å². The SMILES string of the molecule is CC(C)(NC=O)c1ccc(-c2ccccc2)cc1. The normalized spacial score (nSPS) is 11.0. The Hall–Kier alpha value is -2.09. The molecule has 0 aliphatic heterocycles. The van der Waals surface area contributed by atoms with Crippen molar-refractivity contribution in [1.29, 1.82) is 0 Å². The third-order valence-corrected chi connectivity index (χ3v) is 3.13. The van der Waals surface area contributed by atoms with Crippen LogP contribution < -0.4 is 5.32 Å². The molecule has 0 fully saturated rings. The summed E-state index contributed by atoms with van der Waals surface area (Å²) < 4.78 is 0. The van der Waals surface area contributed by atoms with Gasteiger partial charge in [0.2, 0.25) is 6.41 Å². The third-order valence-electron chi connectivity index (χ3n) is 3.13. The smallest absolute Gasteiger partial charge is 0.207 e. The van der Waals surface area contributed by atoms with Crippen molar-refractivity contribution in [2.24, 2.45) is 0 Å². The Morgan fingerprint density at radius 1 is 0.889 bits per heavy atom. The topological polar surface area (TPSA) is 29.1 Å². The molecule has 0 aliphatic carbocycles. The Kier molecular flexibility index (Phi) is 3.47. The molecule has 0 atom stereocenters. The van der Waals surface area contributed by atoms with E-state index in [1.807, 2.05) is 32.0 Å². The molecule has 0 spiro atoms. The fourth-order valence-corrected chi connectivity index (χ4v) is 1.94. The first-order chi connectivity index (χ1) is 8.63. The van der Waals surface area contributed by atoms with Gasteiger partial charge in [0.15, 0.2) is 0 Å². The number of nitrogens with one attached hydrogen (secondary N) is 1. The van der Waals surface area contributed by atoms with Gasteiger partial charge < -0.3 is 5.32 Å². The van der Waals surface area contributed by atoms with E-state index in [0.29, 0.717) is 0 Å². The predicted molar refractivity (Wildman–Crippen MR) is 74.1 cm³/mol. The molecule has 0 radical (unpaired) electrons. The fourth-order valence-electron chi connectivity index (χ4n) is 1.94. The molecule has 2 heteroatoms. The van der Waals surface area contributed by atoms with Crippen LogP contribution >= 0.6 is 0 Å². The van der Waals surface area contributed by atoms with Gasteiger partial charge in [0.25, 0.3) is 0 Å². The van der Waals surface area contributed by atoms with Crippen LogP contribution in [0.15, 0.2) is 54.6 Å². The van der Waals surface area contributed by atoms with Crippen molar-refractivity contribution in [1.82, 2.24) is 5.32 Å². The molecule has 0 saturated carbocycles. The molecule has 2 nitrogen and oxygen atoms in total. The second-order valence-electron chi connectivity index (χ2n) is 4.83. The second-order valence-corrected chi connectivity index (χ2v) is 4.83. The third kappa shape index (κ3) is 2.59. The monoisotopic (exact) mass is 239 g/mol. The number of carbonyl (C=O) groups excluding carboxylic acids is 1. The van der Waals surface area contributed by atoms with Crippen molar-refractivity contribution in [3.05, 3.63) is 60.2 Å². The summed E-state index contributed by atoms with van der Waals surface area (Å²) in [7, 11) is 0. The van der Waals surface area contributed by atoms with Gasteiger partial charge in [0, 0.05) is 0 Å². The van der Waals surface area contributed by atoms with E-state index in [2.05, 4.69) is 41.7 Å². The summed E-state index contributed by atoms with van der Waals surface area (Å²) in [5, 5.41) is 2.82. The van der Waals surface area contributed by atoms with Crippen molar-refractivity contribution in [3.8, 4) is 11.1 Å². The van der Waals surface area contributed by atoms with Gasteiger partial charge in [-0.25, -0.2) is 0 Å². The van der Waals surface area contributed by atoms with E-state index in [0.717, 1.165) is 12.0 Å². The largest absolute Gasteiger partial charge is 0.350 e. The molecule has 0 aromatic heterocycles. The minimum Gasteiger partial charge on any atom is -0.350 e. The lowest BCUT2D eigenvalue weighted by Gasteiger charge is -2.24. The van der Waals surface area contributed by atoms with E-state index in [9.17, 15) is 4.79 Å². The van der Waals surface area contributed by atoms with Crippen LogP contribution in [0.25, 0.3) is 11.1 Å². The highest BCUT2D eigenvalue weighted by Gasteiger charge is 2.18. The van der Waals surface area contributed by atoms with Crippen LogP contribution in [0.4, 0.5) is 0 Å². The quantitative estimate of drug-likeness (QED) is 0.815. The van der Waals surface area contributed by atoms with Crippen molar-refractivity contribution < 1.29 is 4.79 Å². The van der Waals surface area contributed by atoms with Crippen LogP contribution in [0.2, 0.25) is 0 Å². The Bertz CT molecular complexity index is 515. The van der Waals surface area contributed by atoms with Crippen molar-refractivity contribution >= 4 is 6.41 Å². The first-order valence-corrected chi connectivity index (χ1v) is 6.01. The van der Waals surface area contributed by atoms with Crippen molar-refractivity contribution in [3.63, 3.8) is 0 Å². The number of rotatable bonds is 4. The molecular formula is C16H17NO. The summed E-state index contributed by atoms with van der Waals surface area (Å²) in [5.41, 5.74) is 3.14. The maximum atomic E-state index is 10.6. The molecule has 1 N–H and O–H groups in total. The first kappa shape index (κ1) is 12.4. The van der Waals surface area contributed by atoms with Gasteiger partial charge >= 0.3 is 0 Å². The summed E-state index contributed by atoms with van der Waals surface area (Å²) in [4.78, 5) is 10.6. The van der Waals surface area contributed by atoms with Gasteiger partial charge in [-0.3, -0.25) is 4.79 Å². The molecule has 0 saturated heterocycles. The molecule has 0 bridgehead atoms. The van der Waals surface area contributed by atoms with Crippen molar-refractivity contribution in [2.75, 3.05) is 0 Å². The molecule has 1 amide bonds. The summed E-state index contributed by atoms with van der Waals surface area (Å²) in [6.07, 6.45) is 0.741. The average molecular weight is 239 g/mol. The molecule has 18 heavy (non-hydrogen) atoms. The molecule has 0 heterocycles. The Labute approximate surface area is 108 Å². The highest BCUT2D eigenvalue weighted by molar-refractivity contribution is 5.63. The highest BCUT2D eigenvalue weighted by atomic mass is 16.1. The minimum absolute atomic E-state index is 0.336. The maximum absolute atomic E-state index is 10.6. The molecular weight excluding hydrogens is 222 g/mol. The summed E-state index contributed by atoms with van der Waals surface area (Å²) in [6, 6.07) is 18.5. The van der Waals surface area contributed by atoms with Crippen LogP contribution in [-0.2, 0) is 10.3 Å². The Morgan fingerprint density at radius 3 is 2.00 bits per heavy atom. The van der Waals surface area contributed by atoms with Gasteiger partial charge in [-0.1, -0.05) is 54.6 Å². The standard InChI is InChI=1S/C16H17NO/c1-16(2,17-12-18)15-10-8-14(9-11-15)13-6-4-3-5-7-13/h3-12H,1-2H3,(H,17,18). The lowest BCUT2D eigenvalue weighted by atomic mass is 9.92. The van der Waals surface area contributed by atoms with E-state index in [-0.39, 0.29) is 5.54 Å².